The highest BCUT2D eigenvalue weighted by atomic mass is 35.5. The van der Waals surface area contributed by atoms with Crippen LogP contribution in [0, 0.1) is 5.82 Å². The molecule has 1 aromatic carbocycles. The van der Waals surface area contributed by atoms with Crippen molar-refractivity contribution in [3.05, 3.63) is 47.4 Å². The monoisotopic (exact) mass is 314 g/mol. The van der Waals surface area contributed by atoms with E-state index in [0.29, 0.717) is 18.3 Å². The van der Waals surface area contributed by atoms with Gasteiger partial charge in [0.15, 0.2) is 5.82 Å². The molecule has 0 aliphatic rings. The highest BCUT2D eigenvalue weighted by Gasteiger charge is 2.11. The van der Waals surface area contributed by atoms with Crippen LogP contribution in [-0.2, 0) is 19.6 Å². The maximum Gasteiger partial charge on any atom is 0.240 e. The summed E-state index contributed by atoms with van der Waals surface area (Å²) in [4.78, 5) is 6.39. The van der Waals surface area contributed by atoms with Gasteiger partial charge in [-0.1, -0.05) is 24.2 Å². The fraction of sp³-hybridized carbons (Fsp3) is 0.429. The second kappa shape index (κ2) is 8.71. The standard InChI is InChI=1S/C14H19FN4O.ClH/c1-2-7-19(9-11-3-5-12(15)6-4-11)10-13-17-14(8-16)20-18-13;/h3-6H,2,7-10,16H2,1H3;1H. The quantitative estimate of drug-likeness (QED) is 0.850. The van der Waals surface area contributed by atoms with E-state index in [9.17, 15) is 4.39 Å². The topological polar surface area (TPSA) is 68.2 Å². The van der Waals surface area contributed by atoms with Gasteiger partial charge in [-0.25, -0.2) is 4.39 Å². The number of nitrogens with zero attached hydrogens (tertiary/aromatic N) is 3. The van der Waals surface area contributed by atoms with Crippen LogP contribution < -0.4 is 5.73 Å². The van der Waals surface area contributed by atoms with Crippen LogP contribution in [0.1, 0.15) is 30.6 Å². The molecule has 0 fully saturated rings. The molecule has 1 aromatic heterocycles. The van der Waals surface area contributed by atoms with E-state index in [2.05, 4.69) is 22.0 Å². The first-order chi connectivity index (χ1) is 9.71. The molecule has 2 N–H and O–H groups in total. The van der Waals surface area contributed by atoms with Crippen molar-refractivity contribution in [3.63, 3.8) is 0 Å². The van der Waals surface area contributed by atoms with Gasteiger partial charge in [0.25, 0.3) is 0 Å². The SMILES string of the molecule is CCCN(Cc1ccc(F)cc1)Cc1noc(CN)n1.Cl. The van der Waals surface area contributed by atoms with E-state index >= 15 is 0 Å². The third-order valence-electron chi connectivity index (χ3n) is 2.91. The molecule has 21 heavy (non-hydrogen) atoms. The average Bonchev–Trinajstić information content (AvgIpc) is 2.89. The Bertz CT molecular complexity index is 532. The van der Waals surface area contributed by atoms with Gasteiger partial charge in [-0.15, -0.1) is 12.4 Å². The maximum absolute atomic E-state index is 12.9. The van der Waals surface area contributed by atoms with Crippen LogP contribution in [0.5, 0.6) is 0 Å². The van der Waals surface area contributed by atoms with Crippen LogP contribution in [-0.4, -0.2) is 21.6 Å². The van der Waals surface area contributed by atoms with Gasteiger partial charge in [0.05, 0.1) is 13.1 Å². The largest absolute Gasteiger partial charge is 0.338 e. The molecule has 0 unspecified atom stereocenters. The Hall–Kier alpha value is -1.50. The molecule has 0 amide bonds. The molecular weight excluding hydrogens is 295 g/mol. The second-order valence-electron chi connectivity index (χ2n) is 4.65. The average molecular weight is 315 g/mol. The minimum absolute atomic E-state index is 0. The molecule has 0 spiro atoms. The number of aromatic nitrogens is 2. The molecule has 5 nitrogen and oxygen atoms in total. The van der Waals surface area contributed by atoms with Gasteiger partial charge < -0.3 is 10.3 Å². The molecule has 0 radical (unpaired) electrons. The zero-order chi connectivity index (χ0) is 14.4. The Morgan fingerprint density at radius 2 is 1.95 bits per heavy atom. The van der Waals surface area contributed by atoms with E-state index in [0.717, 1.165) is 25.1 Å². The lowest BCUT2D eigenvalue weighted by molar-refractivity contribution is 0.246. The number of benzene rings is 1. The van der Waals surface area contributed by atoms with Crippen molar-refractivity contribution >= 4 is 12.4 Å². The van der Waals surface area contributed by atoms with Crippen molar-refractivity contribution in [2.45, 2.75) is 33.0 Å². The number of halogens is 2. The number of hydrogen-bond acceptors (Lipinski definition) is 5. The van der Waals surface area contributed by atoms with Crippen LogP contribution in [0.4, 0.5) is 4.39 Å². The first kappa shape index (κ1) is 17.6. The smallest absolute Gasteiger partial charge is 0.240 e. The molecular formula is C14H20ClFN4O. The lowest BCUT2D eigenvalue weighted by Gasteiger charge is -2.19. The number of nitrogens with two attached hydrogens (primary N) is 1. The summed E-state index contributed by atoms with van der Waals surface area (Å²) in [7, 11) is 0. The Labute approximate surface area is 129 Å². The minimum Gasteiger partial charge on any atom is -0.338 e. The van der Waals surface area contributed by atoms with Crippen molar-refractivity contribution in [2.24, 2.45) is 5.73 Å². The molecule has 0 saturated carbocycles. The molecule has 2 rings (SSSR count). The zero-order valence-corrected chi connectivity index (χ0v) is 12.8. The lowest BCUT2D eigenvalue weighted by atomic mass is 10.2. The van der Waals surface area contributed by atoms with Crippen LogP contribution in [0.3, 0.4) is 0 Å². The molecule has 116 valence electrons. The van der Waals surface area contributed by atoms with E-state index in [1.165, 1.54) is 12.1 Å². The normalized spacial score (nSPS) is 10.7. The molecule has 0 bridgehead atoms. The Morgan fingerprint density at radius 1 is 1.24 bits per heavy atom. The molecule has 7 heteroatoms. The molecule has 2 aromatic rings. The maximum atomic E-state index is 12.9. The van der Waals surface area contributed by atoms with Gasteiger partial charge in [0.2, 0.25) is 5.89 Å². The van der Waals surface area contributed by atoms with Crippen molar-refractivity contribution < 1.29 is 8.91 Å². The van der Waals surface area contributed by atoms with Crippen molar-refractivity contribution in [1.29, 1.82) is 0 Å². The van der Waals surface area contributed by atoms with Gasteiger partial charge in [-0.2, -0.15) is 4.98 Å². The zero-order valence-electron chi connectivity index (χ0n) is 12.0. The van der Waals surface area contributed by atoms with E-state index in [4.69, 9.17) is 10.3 Å². The summed E-state index contributed by atoms with van der Waals surface area (Å²) < 4.78 is 17.9. The van der Waals surface area contributed by atoms with E-state index in [1.807, 2.05) is 0 Å². The fourth-order valence-electron chi connectivity index (χ4n) is 2.02. The molecule has 0 aliphatic carbocycles. The summed E-state index contributed by atoms with van der Waals surface area (Å²) in [6.45, 7) is 4.58. The molecule has 0 atom stereocenters. The number of hydrogen-bond donors (Lipinski definition) is 1. The van der Waals surface area contributed by atoms with Gasteiger partial charge >= 0.3 is 0 Å². The van der Waals surface area contributed by atoms with Crippen molar-refractivity contribution in [2.75, 3.05) is 6.54 Å². The lowest BCUT2D eigenvalue weighted by Crippen LogP contribution is -2.24. The minimum atomic E-state index is -0.221. The summed E-state index contributed by atoms with van der Waals surface area (Å²) in [5.41, 5.74) is 6.50. The fourth-order valence-corrected chi connectivity index (χ4v) is 2.02. The molecule has 0 aliphatic heterocycles. The van der Waals surface area contributed by atoms with Crippen LogP contribution in [0.25, 0.3) is 0 Å². The first-order valence-corrected chi connectivity index (χ1v) is 6.69. The highest BCUT2D eigenvalue weighted by molar-refractivity contribution is 5.85. The van der Waals surface area contributed by atoms with Gasteiger partial charge in [0.1, 0.15) is 5.82 Å². The summed E-state index contributed by atoms with van der Waals surface area (Å²) >= 11 is 0. The van der Waals surface area contributed by atoms with Gasteiger partial charge in [-0.3, -0.25) is 4.90 Å². The summed E-state index contributed by atoms with van der Waals surface area (Å²) in [6.07, 6.45) is 1.02. The Kier molecular flexibility index (Phi) is 7.28. The van der Waals surface area contributed by atoms with Crippen molar-refractivity contribution in [1.82, 2.24) is 15.0 Å². The third kappa shape index (κ3) is 5.41. The van der Waals surface area contributed by atoms with Gasteiger partial charge in [-0.05, 0) is 30.7 Å². The second-order valence-corrected chi connectivity index (χ2v) is 4.65. The summed E-state index contributed by atoms with van der Waals surface area (Å²) in [5.74, 6) is 0.848. The summed E-state index contributed by atoms with van der Waals surface area (Å²) in [6, 6.07) is 6.53. The van der Waals surface area contributed by atoms with E-state index < -0.39 is 0 Å². The highest BCUT2D eigenvalue weighted by Crippen LogP contribution is 2.10. The predicted molar refractivity (Wildman–Crippen MR) is 80.2 cm³/mol. The van der Waals surface area contributed by atoms with E-state index in [-0.39, 0.29) is 24.8 Å². The molecule has 1 heterocycles. The Morgan fingerprint density at radius 3 is 2.52 bits per heavy atom. The van der Waals surface area contributed by atoms with Crippen LogP contribution in [0.15, 0.2) is 28.8 Å². The number of rotatable bonds is 7. The van der Waals surface area contributed by atoms with Crippen molar-refractivity contribution in [3.8, 4) is 0 Å². The molecule has 0 saturated heterocycles. The third-order valence-corrected chi connectivity index (χ3v) is 2.91. The first-order valence-electron chi connectivity index (χ1n) is 6.69. The van der Waals surface area contributed by atoms with Crippen LogP contribution >= 0.6 is 12.4 Å². The Balaban J connectivity index is 0.00000220. The van der Waals surface area contributed by atoms with Gasteiger partial charge in [0, 0.05) is 6.54 Å². The summed E-state index contributed by atoms with van der Waals surface area (Å²) in [5, 5.41) is 3.90. The predicted octanol–water partition coefficient (Wildman–Crippen LogP) is 2.50. The van der Waals surface area contributed by atoms with E-state index in [1.54, 1.807) is 12.1 Å². The van der Waals surface area contributed by atoms with Crippen LogP contribution in [0.2, 0.25) is 0 Å².